The van der Waals surface area contributed by atoms with Gasteiger partial charge >= 0.3 is 0 Å². The standard InChI is InChI=1S/C11H20FN/c1-11(12,9-13)10-7-5-3-2-4-6-8-10/h7H,2-6,8-9,13H2,1H3/b10-7+. The Morgan fingerprint density at radius 3 is 2.77 bits per heavy atom. The minimum Gasteiger partial charge on any atom is -0.327 e. The summed E-state index contributed by atoms with van der Waals surface area (Å²) in [5.74, 6) is 0. The van der Waals surface area contributed by atoms with E-state index in [-0.39, 0.29) is 6.54 Å². The SMILES string of the molecule is CC(F)(CN)/C1=C/CCCCCC1. The van der Waals surface area contributed by atoms with Crippen LogP contribution in [0.4, 0.5) is 4.39 Å². The fourth-order valence-electron chi connectivity index (χ4n) is 1.80. The molecule has 0 aromatic carbocycles. The van der Waals surface area contributed by atoms with Crippen LogP contribution in [-0.2, 0) is 0 Å². The Morgan fingerprint density at radius 2 is 2.08 bits per heavy atom. The van der Waals surface area contributed by atoms with E-state index in [1.54, 1.807) is 6.92 Å². The zero-order valence-corrected chi connectivity index (χ0v) is 8.48. The van der Waals surface area contributed by atoms with Crippen molar-refractivity contribution in [3.8, 4) is 0 Å². The van der Waals surface area contributed by atoms with Crippen LogP contribution in [0.5, 0.6) is 0 Å². The van der Waals surface area contributed by atoms with Crippen molar-refractivity contribution in [2.75, 3.05) is 6.54 Å². The molecule has 0 bridgehead atoms. The van der Waals surface area contributed by atoms with Gasteiger partial charge in [-0.05, 0) is 38.2 Å². The van der Waals surface area contributed by atoms with Gasteiger partial charge in [0.2, 0.25) is 0 Å². The van der Waals surface area contributed by atoms with Crippen molar-refractivity contribution in [1.82, 2.24) is 0 Å². The lowest BCUT2D eigenvalue weighted by Crippen LogP contribution is -2.31. The summed E-state index contributed by atoms with van der Waals surface area (Å²) < 4.78 is 13.8. The number of hydrogen-bond donors (Lipinski definition) is 1. The van der Waals surface area contributed by atoms with E-state index in [1.165, 1.54) is 19.3 Å². The minimum absolute atomic E-state index is 0.110. The molecule has 1 aliphatic carbocycles. The van der Waals surface area contributed by atoms with Gasteiger partial charge in [-0.2, -0.15) is 0 Å². The first-order chi connectivity index (χ1) is 6.17. The molecule has 1 rings (SSSR count). The third kappa shape index (κ3) is 3.11. The maximum atomic E-state index is 13.8. The predicted molar refractivity (Wildman–Crippen MR) is 54.4 cm³/mol. The average Bonchev–Trinajstić information content (AvgIpc) is 2.03. The molecular formula is C11H20FN. The molecule has 76 valence electrons. The topological polar surface area (TPSA) is 26.0 Å². The van der Waals surface area contributed by atoms with E-state index < -0.39 is 5.67 Å². The van der Waals surface area contributed by atoms with Crippen LogP contribution in [0.15, 0.2) is 11.6 Å². The number of allylic oxidation sites excluding steroid dienone is 1. The summed E-state index contributed by atoms with van der Waals surface area (Å²) in [4.78, 5) is 0. The number of nitrogens with two attached hydrogens (primary N) is 1. The first-order valence-corrected chi connectivity index (χ1v) is 5.25. The largest absolute Gasteiger partial charge is 0.327 e. The lowest BCUT2D eigenvalue weighted by Gasteiger charge is -2.23. The van der Waals surface area contributed by atoms with Crippen molar-refractivity contribution in [2.45, 2.75) is 51.1 Å². The van der Waals surface area contributed by atoms with Gasteiger partial charge in [-0.1, -0.05) is 18.9 Å². The zero-order valence-electron chi connectivity index (χ0n) is 8.48. The second-order valence-corrected chi connectivity index (χ2v) is 4.08. The van der Waals surface area contributed by atoms with E-state index in [2.05, 4.69) is 6.08 Å². The molecule has 0 heterocycles. The van der Waals surface area contributed by atoms with Gasteiger partial charge in [-0.25, -0.2) is 4.39 Å². The Labute approximate surface area is 80.2 Å². The highest BCUT2D eigenvalue weighted by Crippen LogP contribution is 2.28. The smallest absolute Gasteiger partial charge is 0.141 e. The van der Waals surface area contributed by atoms with Crippen molar-refractivity contribution < 1.29 is 4.39 Å². The van der Waals surface area contributed by atoms with Crippen LogP contribution < -0.4 is 5.73 Å². The van der Waals surface area contributed by atoms with Gasteiger partial charge in [0.05, 0.1) is 0 Å². The van der Waals surface area contributed by atoms with E-state index in [0.717, 1.165) is 24.8 Å². The summed E-state index contributed by atoms with van der Waals surface area (Å²) in [5.41, 5.74) is 5.07. The normalized spacial score (nSPS) is 28.1. The van der Waals surface area contributed by atoms with Crippen LogP contribution in [-0.4, -0.2) is 12.2 Å². The quantitative estimate of drug-likeness (QED) is 0.658. The second kappa shape index (κ2) is 4.75. The molecule has 0 radical (unpaired) electrons. The molecule has 2 heteroatoms. The van der Waals surface area contributed by atoms with Crippen LogP contribution in [0.1, 0.15) is 45.4 Å². The van der Waals surface area contributed by atoms with Crippen molar-refractivity contribution in [3.63, 3.8) is 0 Å². The van der Waals surface area contributed by atoms with Gasteiger partial charge in [0.25, 0.3) is 0 Å². The number of alkyl halides is 1. The monoisotopic (exact) mass is 185 g/mol. The Morgan fingerprint density at radius 1 is 1.38 bits per heavy atom. The molecule has 0 saturated heterocycles. The van der Waals surface area contributed by atoms with Crippen LogP contribution in [0, 0.1) is 0 Å². The van der Waals surface area contributed by atoms with Gasteiger partial charge in [0.15, 0.2) is 0 Å². The molecule has 0 amide bonds. The molecule has 0 aromatic rings. The highest BCUT2D eigenvalue weighted by molar-refractivity contribution is 5.16. The molecule has 1 atom stereocenters. The minimum atomic E-state index is -1.27. The molecule has 0 spiro atoms. The lowest BCUT2D eigenvalue weighted by molar-refractivity contribution is 0.240. The molecule has 0 saturated carbocycles. The molecule has 1 nitrogen and oxygen atoms in total. The Balaban J connectivity index is 2.63. The fraction of sp³-hybridized carbons (Fsp3) is 0.818. The van der Waals surface area contributed by atoms with Gasteiger partial charge < -0.3 is 5.73 Å². The molecule has 1 unspecified atom stereocenters. The van der Waals surface area contributed by atoms with Crippen LogP contribution in [0.3, 0.4) is 0 Å². The molecule has 0 aromatic heterocycles. The summed E-state index contributed by atoms with van der Waals surface area (Å²) in [6.45, 7) is 1.71. The molecule has 13 heavy (non-hydrogen) atoms. The fourth-order valence-corrected chi connectivity index (χ4v) is 1.80. The van der Waals surface area contributed by atoms with Crippen LogP contribution >= 0.6 is 0 Å². The summed E-state index contributed by atoms with van der Waals surface area (Å²) in [5, 5.41) is 0. The maximum absolute atomic E-state index is 13.8. The lowest BCUT2D eigenvalue weighted by atomic mass is 9.89. The van der Waals surface area contributed by atoms with Crippen LogP contribution in [0.2, 0.25) is 0 Å². The molecule has 2 N–H and O–H groups in total. The third-order valence-electron chi connectivity index (χ3n) is 2.84. The third-order valence-corrected chi connectivity index (χ3v) is 2.84. The Kier molecular flexibility index (Phi) is 3.91. The summed E-state index contributed by atoms with van der Waals surface area (Å²) in [7, 11) is 0. The van der Waals surface area contributed by atoms with Gasteiger partial charge in [-0.3, -0.25) is 0 Å². The molecule has 1 aliphatic rings. The van der Waals surface area contributed by atoms with E-state index in [9.17, 15) is 4.39 Å². The van der Waals surface area contributed by atoms with Crippen molar-refractivity contribution in [2.24, 2.45) is 5.73 Å². The van der Waals surface area contributed by atoms with Crippen molar-refractivity contribution >= 4 is 0 Å². The zero-order chi connectivity index (χ0) is 9.73. The van der Waals surface area contributed by atoms with E-state index in [0.29, 0.717) is 0 Å². The van der Waals surface area contributed by atoms with Gasteiger partial charge in [0, 0.05) is 6.54 Å². The van der Waals surface area contributed by atoms with E-state index in [4.69, 9.17) is 5.73 Å². The summed E-state index contributed by atoms with van der Waals surface area (Å²) in [6, 6.07) is 0. The highest BCUT2D eigenvalue weighted by atomic mass is 19.1. The molecule has 0 aliphatic heterocycles. The summed E-state index contributed by atoms with van der Waals surface area (Å²) in [6.07, 6.45) is 8.81. The van der Waals surface area contributed by atoms with E-state index in [1.807, 2.05) is 0 Å². The average molecular weight is 185 g/mol. The van der Waals surface area contributed by atoms with Gasteiger partial charge in [-0.15, -0.1) is 0 Å². The number of rotatable bonds is 2. The second-order valence-electron chi connectivity index (χ2n) is 4.08. The predicted octanol–water partition coefficient (Wildman–Crippen LogP) is 2.95. The first kappa shape index (κ1) is 10.7. The molecular weight excluding hydrogens is 165 g/mol. The van der Waals surface area contributed by atoms with Crippen molar-refractivity contribution in [1.29, 1.82) is 0 Å². The number of halogens is 1. The highest BCUT2D eigenvalue weighted by Gasteiger charge is 2.26. The summed E-state index contributed by atoms with van der Waals surface area (Å²) >= 11 is 0. The molecule has 0 fully saturated rings. The van der Waals surface area contributed by atoms with E-state index >= 15 is 0 Å². The Hall–Kier alpha value is -0.370. The van der Waals surface area contributed by atoms with Gasteiger partial charge in [0.1, 0.15) is 5.67 Å². The van der Waals surface area contributed by atoms with Crippen LogP contribution in [0.25, 0.3) is 0 Å². The number of hydrogen-bond acceptors (Lipinski definition) is 1. The first-order valence-electron chi connectivity index (χ1n) is 5.25. The Bertz CT molecular complexity index is 185. The maximum Gasteiger partial charge on any atom is 0.141 e. The van der Waals surface area contributed by atoms with Crippen molar-refractivity contribution in [3.05, 3.63) is 11.6 Å².